The topological polar surface area (TPSA) is 105 Å². The molecule has 22 heavy (non-hydrogen) atoms. The van der Waals surface area contributed by atoms with Crippen molar-refractivity contribution >= 4 is 28.9 Å². The van der Waals surface area contributed by atoms with Gasteiger partial charge in [0.05, 0.1) is 23.8 Å². The van der Waals surface area contributed by atoms with Gasteiger partial charge < -0.3 is 15.2 Å². The number of benzene rings is 1. The molecule has 0 bridgehead atoms. The van der Waals surface area contributed by atoms with Gasteiger partial charge in [-0.05, 0) is 12.1 Å². The molecule has 0 aliphatic carbocycles. The van der Waals surface area contributed by atoms with Gasteiger partial charge in [0.1, 0.15) is 6.04 Å². The van der Waals surface area contributed by atoms with Crippen LogP contribution in [0.2, 0.25) is 0 Å². The summed E-state index contributed by atoms with van der Waals surface area (Å²) in [7, 11) is 0. The number of nitrogens with one attached hydrogen (secondary N) is 3. The number of para-hydroxylation sites is 2. The minimum atomic E-state index is -0.790. The van der Waals surface area contributed by atoms with E-state index in [1.807, 2.05) is 28.8 Å². The predicted molar refractivity (Wildman–Crippen MR) is 77.8 cm³/mol. The largest absolute Gasteiger partial charge is 0.354 e. The Morgan fingerprint density at radius 1 is 1.32 bits per heavy atom. The molecule has 3 N–H and O–H groups in total. The van der Waals surface area contributed by atoms with Crippen LogP contribution in [-0.2, 0) is 16.1 Å². The maximum Gasteiger partial charge on any atom is 0.322 e. The molecule has 1 aliphatic heterocycles. The Balaban J connectivity index is 1.49. The molecule has 1 saturated heterocycles. The van der Waals surface area contributed by atoms with Crippen molar-refractivity contribution in [1.82, 2.24) is 25.5 Å². The molecular weight excluding hydrogens is 286 g/mol. The minimum absolute atomic E-state index is 0.0672. The number of hydrogen-bond acceptors (Lipinski definition) is 4. The van der Waals surface area contributed by atoms with E-state index in [1.165, 1.54) is 0 Å². The fourth-order valence-corrected chi connectivity index (χ4v) is 2.36. The first-order valence-electron chi connectivity index (χ1n) is 6.91. The highest BCUT2D eigenvalue weighted by Crippen LogP contribution is 2.11. The van der Waals surface area contributed by atoms with E-state index in [-0.39, 0.29) is 12.3 Å². The molecule has 1 aromatic carbocycles. The molecule has 0 saturated carbocycles. The third-order valence-corrected chi connectivity index (χ3v) is 3.45. The average molecular weight is 301 g/mol. The van der Waals surface area contributed by atoms with E-state index in [9.17, 15) is 14.4 Å². The van der Waals surface area contributed by atoms with E-state index in [0.29, 0.717) is 13.1 Å². The molecule has 2 aromatic rings. The van der Waals surface area contributed by atoms with Crippen LogP contribution < -0.4 is 16.0 Å². The number of fused-ring (bicyclic) bond motifs is 1. The SMILES string of the molecule is O=C(C[C@H]1NC(=O)NC1=O)NCCn1cnc2ccccc21. The van der Waals surface area contributed by atoms with Crippen molar-refractivity contribution in [1.29, 1.82) is 0 Å². The number of aromatic nitrogens is 2. The fourth-order valence-electron chi connectivity index (χ4n) is 2.36. The summed E-state index contributed by atoms with van der Waals surface area (Å²) in [6, 6.07) is 6.38. The van der Waals surface area contributed by atoms with Crippen LogP contribution in [0.3, 0.4) is 0 Å². The molecule has 8 heteroatoms. The van der Waals surface area contributed by atoms with Gasteiger partial charge in [-0.25, -0.2) is 9.78 Å². The second-order valence-corrected chi connectivity index (χ2v) is 5.00. The third-order valence-electron chi connectivity index (χ3n) is 3.45. The predicted octanol–water partition coefficient (Wildman–Crippen LogP) is -0.249. The van der Waals surface area contributed by atoms with Gasteiger partial charge in [-0.1, -0.05) is 12.1 Å². The first-order valence-corrected chi connectivity index (χ1v) is 6.91. The summed E-state index contributed by atoms with van der Waals surface area (Å²) in [6.07, 6.45) is 1.66. The molecule has 1 aliphatic rings. The summed E-state index contributed by atoms with van der Waals surface area (Å²) in [5, 5.41) is 7.21. The normalized spacial score (nSPS) is 17.4. The summed E-state index contributed by atoms with van der Waals surface area (Å²) < 4.78 is 1.94. The van der Waals surface area contributed by atoms with Crippen LogP contribution in [0.15, 0.2) is 30.6 Å². The van der Waals surface area contributed by atoms with E-state index < -0.39 is 18.0 Å². The Morgan fingerprint density at radius 3 is 2.91 bits per heavy atom. The maximum atomic E-state index is 11.8. The van der Waals surface area contributed by atoms with E-state index in [0.717, 1.165) is 11.0 Å². The lowest BCUT2D eigenvalue weighted by atomic mass is 10.2. The second-order valence-electron chi connectivity index (χ2n) is 5.00. The highest BCUT2D eigenvalue weighted by Gasteiger charge is 2.30. The zero-order valence-corrected chi connectivity index (χ0v) is 11.7. The number of nitrogens with zero attached hydrogens (tertiary/aromatic N) is 2. The zero-order valence-electron chi connectivity index (χ0n) is 11.7. The Morgan fingerprint density at radius 2 is 2.14 bits per heavy atom. The maximum absolute atomic E-state index is 11.8. The van der Waals surface area contributed by atoms with Crippen molar-refractivity contribution < 1.29 is 14.4 Å². The Kier molecular flexibility index (Phi) is 3.73. The van der Waals surface area contributed by atoms with Crippen molar-refractivity contribution in [2.75, 3.05) is 6.54 Å². The minimum Gasteiger partial charge on any atom is -0.354 e. The zero-order chi connectivity index (χ0) is 15.5. The summed E-state index contributed by atoms with van der Waals surface area (Å²) in [4.78, 5) is 38.3. The molecule has 2 heterocycles. The highest BCUT2D eigenvalue weighted by molar-refractivity contribution is 6.05. The van der Waals surface area contributed by atoms with Crippen LogP contribution in [0.1, 0.15) is 6.42 Å². The first kappa shape index (κ1) is 14.1. The summed E-state index contributed by atoms with van der Waals surface area (Å²) in [5.41, 5.74) is 1.90. The Hall–Kier alpha value is -2.90. The van der Waals surface area contributed by atoms with Gasteiger partial charge in [0.15, 0.2) is 0 Å². The van der Waals surface area contributed by atoms with E-state index in [2.05, 4.69) is 20.9 Å². The summed E-state index contributed by atoms with van der Waals surface area (Å²) >= 11 is 0. The van der Waals surface area contributed by atoms with Crippen LogP contribution in [0.5, 0.6) is 0 Å². The average Bonchev–Trinajstić information content (AvgIpc) is 3.03. The van der Waals surface area contributed by atoms with Crippen molar-refractivity contribution in [3.63, 3.8) is 0 Å². The molecular formula is C14H15N5O3. The molecule has 114 valence electrons. The molecule has 4 amide bonds. The standard InChI is InChI=1S/C14H15N5O3/c20-12(7-10-13(21)18-14(22)17-10)15-5-6-19-8-16-9-3-1-2-4-11(9)19/h1-4,8,10H,5-7H2,(H,15,20)(H2,17,18,21,22)/t10-/m1/s1. The molecule has 0 spiro atoms. The first-order chi connectivity index (χ1) is 10.6. The van der Waals surface area contributed by atoms with Crippen molar-refractivity contribution in [3.8, 4) is 0 Å². The van der Waals surface area contributed by atoms with Crippen LogP contribution >= 0.6 is 0 Å². The molecule has 1 atom stereocenters. The van der Waals surface area contributed by atoms with E-state index in [1.54, 1.807) is 6.33 Å². The second kappa shape index (κ2) is 5.84. The highest BCUT2D eigenvalue weighted by atomic mass is 16.2. The summed E-state index contributed by atoms with van der Waals surface area (Å²) in [6.45, 7) is 0.997. The van der Waals surface area contributed by atoms with Gasteiger partial charge in [0, 0.05) is 13.1 Å². The lowest BCUT2D eigenvalue weighted by Gasteiger charge is -2.09. The number of amides is 4. The third kappa shape index (κ3) is 2.90. The lowest BCUT2D eigenvalue weighted by Crippen LogP contribution is -2.37. The Bertz CT molecular complexity index is 739. The fraction of sp³-hybridized carbons (Fsp3) is 0.286. The van der Waals surface area contributed by atoms with Gasteiger partial charge >= 0.3 is 6.03 Å². The Labute approximate surface area is 125 Å². The number of hydrogen-bond donors (Lipinski definition) is 3. The summed E-state index contributed by atoms with van der Waals surface area (Å²) in [5.74, 6) is -0.757. The molecule has 1 aromatic heterocycles. The smallest absolute Gasteiger partial charge is 0.322 e. The number of carbonyl (C=O) groups excluding carboxylic acids is 3. The van der Waals surface area contributed by atoms with Crippen molar-refractivity contribution in [3.05, 3.63) is 30.6 Å². The number of carbonyl (C=O) groups is 3. The van der Waals surface area contributed by atoms with Gasteiger partial charge in [-0.3, -0.25) is 14.9 Å². The van der Waals surface area contributed by atoms with Gasteiger partial charge in [0.25, 0.3) is 5.91 Å². The van der Waals surface area contributed by atoms with Gasteiger partial charge in [-0.2, -0.15) is 0 Å². The van der Waals surface area contributed by atoms with Gasteiger partial charge in [0.2, 0.25) is 5.91 Å². The van der Waals surface area contributed by atoms with Crippen molar-refractivity contribution in [2.24, 2.45) is 0 Å². The van der Waals surface area contributed by atoms with Crippen LogP contribution in [0, 0.1) is 0 Å². The number of imide groups is 1. The quantitative estimate of drug-likeness (QED) is 0.662. The van der Waals surface area contributed by atoms with Crippen LogP contribution in [0.4, 0.5) is 4.79 Å². The number of imidazole rings is 1. The molecule has 8 nitrogen and oxygen atoms in total. The van der Waals surface area contributed by atoms with Crippen molar-refractivity contribution in [2.45, 2.75) is 19.0 Å². The van der Waals surface area contributed by atoms with Crippen LogP contribution in [-0.4, -0.2) is 40.0 Å². The van der Waals surface area contributed by atoms with E-state index in [4.69, 9.17) is 0 Å². The monoisotopic (exact) mass is 301 g/mol. The molecule has 0 radical (unpaired) electrons. The molecule has 0 unspecified atom stereocenters. The number of urea groups is 1. The number of rotatable bonds is 5. The molecule has 3 rings (SSSR count). The van der Waals surface area contributed by atoms with Gasteiger partial charge in [-0.15, -0.1) is 0 Å². The van der Waals surface area contributed by atoms with Crippen LogP contribution in [0.25, 0.3) is 11.0 Å². The molecule has 1 fully saturated rings. The lowest BCUT2D eigenvalue weighted by molar-refractivity contribution is -0.126. The van der Waals surface area contributed by atoms with E-state index >= 15 is 0 Å².